The van der Waals surface area contributed by atoms with Crippen LogP contribution < -0.4 is 10.6 Å². The van der Waals surface area contributed by atoms with Gasteiger partial charge in [0, 0.05) is 25.0 Å². The molecule has 2 N–H and O–H groups in total. The van der Waals surface area contributed by atoms with E-state index in [2.05, 4.69) is 49.2 Å². The monoisotopic (exact) mass is 428 g/mol. The van der Waals surface area contributed by atoms with Gasteiger partial charge < -0.3 is 10.6 Å². The molecule has 5 heteroatoms. The number of fused-ring (bicyclic) bond motifs is 1. The molecule has 3 nitrogen and oxygen atoms in total. The Morgan fingerprint density at radius 2 is 2.00 bits per heavy atom. The van der Waals surface area contributed by atoms with Crippen LogP contribution in [0.1, 0.15) is 11.6 Å². The lowest BCUT2D eigenvalue weighted by atomic mass is 10.1. The first-order valence-corrected chi connectivity index (χ1v) is 7.64. The highest BCUT2D eigenvalue weighted by atomic mass is 127. The van der Waals surface area contributed by atoms with Crippen molar-refractivity contribution in [3.05, 3.63) is 56.1 Å². The summed E-state index contributed by atoms with van der Waals surface area (Å²) in [5, 5.41) is 6.19. The normalized spacial score (nSPS) is 16.9. The van der Waals surface area contributed by atoms with Gasteiger partial charge in [0.1, 0.15) is 6.04 Å². The van der Waals surface area contributed by atoms with Gasteiger partial charge in [0.05, 0.1) is 0 Å². The number of hydrogen-bond acceptors (Lipinski definition) is 2. The fraction of sp³-hybridized carbons (Fsp3) is 0.0714. The van der Waals surface area contributed by atoms with E-state index >= 15 is 0 Å². The predicted octanol–water partition coefficient (Wildman–Crippen LogP) is 4.16. The molecular weight excluding hydrogens is 419 g/mol. The minimum atomic E-state index is -0.344. The second kappa shape index (κ2) is 5.13. The van der Waals surface area contributed by atoms with Crippen LogP contribution in [0.2, 0.25) is 0 Å². The van der Waals surface area contributed by atoms with E-state index in [4.69, 9.17) is 0 Å². The predicted molar refractivity (Wildman–Crippen MR) is 88.3 cm³/mol. The summed E-state index contributed by atoms with van der Waals surface area (Å²) in [6.45, 7) is 0. The molecule has 0 saturated heterocycles. The highest BCUT2D eigenvalue weighted by Crippen LogP contribution is 2.35. The van der Waals surface area contributed by atoms with Crippen molar-refractivity contribution in [2.75, 3.05) is 10.6 Å². The largest absolute Gasteiger partial charge is 0.369 e. The second-order valence-corrected chi connectivity index (χ2v) is 6.36. The van der Waals surface area contributed by atoms with Crippen LogP contribution in [0.4, 0.5) is 11.4 Å². The molecule has 2 aromatic carbocycles. The topological polar surface area (TPSA) is 41.1 Å². The van der Waals surface area contributed by atoms with Crippen LogP contribution in [0.5, 0.6) is 0 Å². The zero-order chi connectivity index (χ0) is 13.4. The Bertz CT molecular complexity index is 660. The Labute approximate surface area is 133 Å². The molecule has 1 atom stereocenters. The average Bonchev–Trinajstić information content (AvgIpc) is 2.69. The number of para-hydroxylation sites is 1. The molecule has 2 aromatic rings. The molecule has 0 bridgehead atoms. The van der Waals surface area contributed by atoms with E-state index in [9.17, 15) is 4.79 Å². The van der Waals surface area contributed by atoms with E-state index < -0.39 is 0 Å². The van der Waals surface area contributed by atoms with E-state index in [-0.39, 0.29) is 11.9 Å². The standard InChI is InChI=1S/C14H10BrIN2O/c15-8-5-6-11-9(7-8)13(14(19)18-11)17-12-4-2-1-3-10(12)16/h1-7,13,17H,(H,18,19). The summed E-state index contributed by atoms with van der Waals surface area (Å²) < 4.78 is 2.06. The van der Waals surface area contributed by atoms with Gasteiger partial charge in [-0.3, -0.25) is 4.79 Å². The van der Waals surface area contributed by atoms with Crippen molar-refractivity contribution in [3.8, 4) is 0 Å². The van der Waals surface area contributed by atoms with E-state index in [0.29, 0.717) is 0 Å². The first kappa shape index (κ1) is 12.9. The Morgan fingerprint density at radius 1 is 1.21 bits per heavy atom. The molecule has 0 fully saturated rings. The molecule has 1 aliphatic heterocycles. The maximum atomic E-state index is 12.1. The van der Waals surface area contributed by atoms with Crippen LogP contribution in [0.3, 0.4) is 0 Å². The van der Waals surface area contributed by atoms with Gasteiger partial charge >= 0.3 is 0 Å². The van der Waals surface area contributed by atoms with E-state index in [1.807, 2.05) is 42.5 Å². The number of rotatable bonds is 2. The Morgan fingerprint density at radius 3 is 2.79 bits per heavy atom. The Balaban J connectivity index is 1.97. The van der Waals surface area contributed by atoms with Crippen molar-refractivity contribution in [1.29, 1.82) is 0 Å². The van der Waals surface area contributed by atoms with E-state index in [0.717, 1.165) is 25.0 Å². The van der Waals surface area contributed by atoms with Crippen molar-refractivity contribution >= 4 is 55.8 Å². The highest BCUT2D eigenvalue weighted by Gasteiger charge is 2.30. The van der Waals surface area contributed by atoms with Gasteiger partial charge in [-0.25, -0.2) is 0 Å². The van der Waals surface area contributed by atoms with Crippen LogP contribution in [0.15, 0.2) is 46.9 Å². The third-order valence-electron chi connectivity index (χ3n) is 3.02. The average molecular weight is 429 g/mol. The van der Waals surface area contributed by atoms with E-state index in [1.165, 1.54) is 0 Å². The Kier molecular flexibility index (Phi) is 3.49. The molecule has 19 heavy (non-hydrogen) atoms. The fourth-order valence-electron chi connectivity index (χ4n) is 2.11. The smallest absolute Gasteiger partial charge is 0.251 e. The van der Waals surface area contributed by atoms with Crippen molar-refractivity contribution < 1.29 is 4.79 Å². The molecule has 0 aromatic heterocycles. The number of halogens is 2. The zero-order valence-electron chi connectivity index (χ0n) is 9.78. The number of hydrogen-bond donors (Lipinski definition) is 2. The van der Waals surface area contributed by atoms with Crippen molar-refractivity contribution in [3.63, 3.8) is 0 Å². The summed E-state index contributed by atoms with van der Waals surface area (Å²) in [7, 11) is 0. The quantitative estimate of drug-likeness (QED) is 0.705. The lowest BCUT2D eigenvalue weighted by Crippen LogP contribution is -2.20. The van der Waals surface area contributed by atoms with Crippen molar-refractivity contribution in [1.82, 2.24) is 0 Å². The highest BCUT2D eigenvalue weighted by molar-refractivity contribution is 14.1. The molecule has 1 amide bonds. The van der Waals surface area contributed by atoms with Crippen LogP contribution in [-0.2, 0) is 4.79 Å². The summed E-state index contributed by atoms with van der Waals surface area (Å²) >= 11 is 5.70. The minimum Gasteiger partial charge on any atom is -0.369 e. The second-order valence-electron chi connectivity index (χ2n) is 4.28. The fourth-order valence-corrected chi connectivity index (χ4v) is 3.03. The van der Waals surface area contributed by atoms with Crippen LogP contribution >= 0.6 is 38.5 Å². The first-order valence-electron chi connectivity index (χ1n) is 5.76. The van der Waals surface area contributed by atoms with Crippen LogP contribution in [0.25, 0.3) is 0 Å². The zero-order valence-corrected chi connectivity index (χ0v) is 13.5. The summed E-state index contributed by atoms with van der Waals surface area (Å²) in [6, 6.07) is 13.4. The maximum Gasteiger partial charge on any atom is 0.251 e. The van der Waals surface area contributed by atoms with Gasteiger partial charge in [0.25, 0.3) is 5.91 Å². The van der Waals surface area contributed by atoms with Crippen molar-refractivity contribution in [2.45, 2.75) is 6.04 Å². The third-order valence-corrected chi connectivity index (χ3v) is 4.45. The summed E-state index contributed by atoms with van der Waals surface area (Å²) in [4.78, 5) is 12.1. The molecule has 3 rings (SSSR count). The first-order chi connectivity index (χ1) is 9.15. The lowest BCUT2D eigenvalue weighted by Gasteiger charge is -2.14. The van der Waals surface area contributed by atoms with Gasteiger partial charge in [0.2, 0.25) is 0 Å². The van der Waals surface area contributed by atoms with E-state index in [1.54, 1.807) is 0 Å². The maximum absolute atomic E-state index is 12.1. The summed E-state index contributed by atoms with van der Waals surface area (Å²) in [6.07, 6.45) is 0. The molecule has 0 radical (unpaired) electrons. The summed E-state index contributed by atoms with van der Waals surface area (Å²) in [5.74, 6) is -0.0206. The number of nitrogens with one attached hydrogen (secondary N) is 2. The molecule has 0 aliphatic carbocycles. The minimum absolute atomic E-state index is 0.0206. The molecule has 1 aliphatic rings. The van der Waals surface area contributed by atoms with Gasteiger partial charge in [-0.2, -0.15) is 0 Å². The number of anilines is 2. The van der Waals surface area contributed by atoms with Gasteiger partial charge in [0.15, 0.2) is 0 Å². The lowest BCUT2D eigenvalue weighted by molar-refractivity contribution is -0.116. The number of benzene rings is 2. The summed E-state index contributed by atoms with van der Waals surface area (Å²) in [5.41, 5.74) is 2.81. The molecule has 96 valence electrons. The number of carbonyl (C=O) groups is 1. The Hall–Kier alpha value is -1.08. The molecule has 1 heterocycles. The van der Waals surface area contributed by atoms with Crippen LogP contribution in [0, 0.1) is 3.57 Å². The van der Waals surface area contributed by atoms with Gasteiger partial charge in [-0.05, 0) is 52.9 Å². The molecule has 1 unspecified atom stereocenters. The molecule has 0 spiro atoms. The van der Waals surface area contributed by atoms with Crippen molar-refractivity contribution in [2.24, 2.45) is 0 Å². The SMILES string of the molecule is O=C1Nc2ccc(Br)cc2C1Nc1ccccc1I. The van der Waals surface area contributed by atoms with Gasteiger partial charge in [-0.1, -0.05) is 28.1 Å². The number of amides is 1. The van der Waals surface area contributed by atoms with Crippen LogP contribution in [-0.4, -0.2) is 5.91 Å². The molecule has 0 saturated carbocycles. The molecular formula is C14H10BrIN2O. The number of carbonyl (C=O) groups excluding carboxylic acids is 1. The third kappa shape index (κ3) is 2.49. The van der Waals surface area contributed by atoms with Gasteiger partial charge in [-0.15, -0.1) is 0 Å².